The molecule has 0 spiro atoms. The number of hydrogen-bond acceptors (Lipinski definition) is 3. The molecule has 2 aromatic rings. The highest BCUT2D eigenvalue weighted by Gasteiger charge is 2.06. The Bertz CT molecular complexity index is 567. The highest BCUT2D eigenvalue weighted by molar-refractivity contribution is 7.98. The van der Waals surface area contributed by atoms with E-state index >= 15 is 0 Å². The highest BCUT2D eigenvalue weighted by Crippen LogP contribution is 2.24. The van der Waals surface area contributed by atoms with Crippen LogP contribution in [0.25, 0.3) is 0 Å². The zero-order valence-corrected chi connectivity index (χ0v) is 12.3. The van der Waals surface area contributed by atoms with Gasteiger partial charge in [-0.05, 0) is 36.1 Å². The van der Waals surface area contributed by atoms with Crippen LogP contribution in [-0.2, 0) is 11.2 Å². The third kappa shape index (κ3) is 4.04. The Morgan fingerprint density at radius 2 is 1.84 bits per heavy atom. The predicted molar refractivity (Wildman–Crippen MR) is 84.3 cm³/mol. The molecule has 0 aliphatic rings. The summed E-state index contributed by atoms with van der Waals surface area (Å²) in [6.07, 6.45) is 2.37. The second kappa shape index (κ2) is 6.68. The SMILES string of the molecule is CSc1ccccc1NC(=O)Cc1ccc(S)cc1. The van der Waals surface area contributed by atoms with Crippen LogP contribution in [0, 0.1) is 0 Å². The standard InChI is InChI=1S/C15H15NOS2/c1-19-14-5-3-2-4-13(14)16-15(17)10-11-6-8-12(18)9-7-11/h2-9,18H,10H2,1H3,(H,16,17). The maximum atomic E-state index is 12.0. The third-order valence-corrected chi connectivity index (χ3v) is 3.78. The van der Waals surface area contributed by atoms with Gasteiger partial charge in [-0.2, -0.15) is 0 Å². The average Bonchev–Trinajstić information content (AvgIpc) is 2.42. The summed E-state index contributed by atoms with van der Waals surface area (Å²) >= 11 is 5.85. The lowest BCUT2D eigenvalue weighted by Crippen LogP contribution is -2.14. The maximum Gasteiger partial charge on any atom is 0.228 e. The van der Waals surface area contributed by atoms with Gasteiger partial charge < -0.3 is 5.32 Å². The number of anilines is 1. The summed E-state index contributed by atoms with van der Waals surface area (Å²) in [6.45, 7) is 0. The average molecular weight is 289 g/mol. The topological polar surface area (TPSA) is 29.1 Å². The summed E-state index contributed by atoms with van der Waals surface area (Å²) in [5.41, 5.74) is 1.85. The van der Waals surface area contributed by atoms with Gasteiger partial charge in [-0.3, -0.25) is 4.79 Å². The van der Waals surface area contributed by atoms with Crippen LogP contribution in [0.15, 0.2) is 58.3 Å². The molecule has 2 rings (SSSR count). The second-order valence-corrected chi connectivity index (χ2v) is 5.46. The van der Waals surface area contributed by atoms with Gasteiger partial charge in [0, 0.05) is 9.79 Å². The van der Waals surface area contributed by atoms with Crippen LogP contribution in [0.5, 0.6) is 0 Å². The zero-order valence-electron chi connectivity index (χ0n) is 10.6. The van der Waals surface area contributed by atoms with Crippen molar-refractivity contribution in [3.05, 3.63) is 54.1 Å². The monoisotopic (exact) mass is 289 g/mol. The first-order valence-electron chi connectivity index (χ1n) is 5.90. The fourth-order valence-electron chi connectivity index (χ4n) is 1.74. The largest absolute Gasteiger partial charge is 0.325 e. The summed E-state index contributed by atoms with van der Waals surface area (Å²) in [5.74, 6) is -0.00610. The number of hydrogen-bond donors (Lipinski definition) is 2. The van der Waals surface area contributed by atoms with Gasteiger partial charge in [0.1, 0.15) is 0 Å². The zero-order chi connectivity index (χ0) is 13.7. The van der Waals surface area contributed by atoms with E-state index in [1.54, 1.807) is 11.8 Å². The van der Waals surface area contributed by atoms with Gasteiger partial charge in [-0.1, -0.05) is 24.3 Å². The van der Waals surface area contributed by atoms with Crippen LogP contribution in [0.2, 0.25) is 0 Å². The van der Waals surface area contributed by atoms with E-state index in [1.165, 1.54) is 0 Å². The number of rotatable bonds is 4. The minimum atomic E-state index is -0.00610. The van der Waals surface area contributed by atoms with E-state index in [4.69, 9.17) is 0 Å². The van der Waals surface area contributed by atoms with Crippen molar-refractivity contribution in [2.45, 2.75) is 16.2 Å². The first-order chi connectivity index (χ1) is 9.19. The van der Waals surface area contributed by atoms with Crippen molar-refractivity contribution < 1.29 is 4.79 Å². The molecule has 0 radical (unpaired) electrons. The molecular weight excluding hydrogens is 274 g/mol. The Hall–Kier alpha value is -1.39. The van der Waals surface area contributed by atoms with E-state index in [2.05, 4.69) is 17.9 Å². The first-order valence-corrected chi connectivity index (χ1v) is 7.57. The van der Waals surface area contributed by atoms with Gasteiger partial charge in [0.05, 0.1) is 12.1 Å². The van der Waals surface area contributed by atoms with Crippen LogP contribution in [-0.4, -0.2) is 12.2 Å². The quantitative estimate of drug-likeness (QED) is 0.660. The maximum absolute atomic E-state index is 12.0. The smallest absolute Gasteiger partial charge is 0.228 e. The molecule has 98 valence electrons. The molecule has 0 saturated carbocycles. The van der Waals surface area contributed by atoms with Crippen molar-refractivity contribution in [2.24, 2.45) is 0 Å². The van der Waals surface area contributed by atoms with E-state index in [-0.39, 0.29) is 5.91 Å². The van der Waals surface area contributed by atoms with E-state index in [1.807, 2.05) is 54.8 Å². The van der Waals surface area contributed by atoms with Crippen LogP contribution < -0.4 is 5.32 Å². The molecule has 4 heteroatoms. The molecule has 0 fully saturated rings. The molecule has 0 aliphatic heterocycles. The molecule has 0 unspecified atom stereocenters. The molecule has 0 aliphatic carbocycles. The summed E-state index contributed by atoms with van der Waals surface area (Å²) in [6, 6.07) is 15.4. The number of amides is 1. The molecule has 2 nitrogen and oxygen atoms in total. The molecule has 0 heterocycles. The number of carbonyl (C=O) groups excluding carboxylic acids is 1. The summed E-state index contributed by atoms with van der Waals surface area (Å²) in [5, 5.41) is 2.95. The number of benzene rings is 2. The van der Waals surface area contributed by atoms with Crippen molar-refractivity contribution >= 4 is 36.0 Å². The normalized spacial score (nSPS) is 10.2. The Labute approximate surface area is 123 Å². The lowest BCUT2D eigenvalue weighted by molar-refractivity contribution is -0.115. The van der Waals surface area contributed by atoms with Crippen LogP contribution in [0.4, 0.5) is 5.69 Å². The van der Waals surface area contributed by atoms with Crippen molar-refractivity contribution in [1.29, 1.82) is 0 Å². The molecule has 0 saturated heterocycles. The Morgan fingerprint density at radius 3 is 2.53 bits per heavy atom. The Kier molecular flexibility index (Phi) is 4.93. The lowest BCUT2D eigenvalue weighted by Gasteiger charge is -2.09. The van der Waals surface area contributed by atoms with Crippen molar-refractivity contribution in [1.82, 2.24) is 0 Å². The van der Waals surface area contributed by atoms with Gasteiger partial charge in [0.25, 0.3) is 0 Å². The number of thiol groups is 1. The van der Waals surface area contributed by atoms with Crippen LogP contribution in [0.3, 0.4) is 0 Å². The van der Waals surface area contributed by atoms with Crippen molar-refractivity contribution in [2.75, 3.05) is 11.6 Å². The Balaban J connectivity index is 2.03. The van der Waals surface area contributed by atoms with E-state index < -0.39 is 0 Å². The fraction of sp³-hybridized carbons (Fsp3) is 0.133. The number of carbonyl (C=O) groups is 1. The van der Waals surface area contributed by atoms with Crippen LogP contribution in [0.1, 0.15) is 5.56 Å². The van der Waals surface area contributed by atoms with E-state index in [0.29, 0.717) is 6.42 Å². The molecule has 0 bridgehead atoms. The van der Waals surface area contributed by atoms with E-state index in [0.717, 1.165) is 21.0 Å². The summed E-state index contributed by atoms with van der Waals surface area (Å²) in [4.78, 5) is 14.0. The van der Waals surface area contributed by atoms with Gasteiger partial charge in [0.15, 0.2) is 0 Å². The molecule has 1 amide bonds. The molecule has 1 N–H and O–H groups in total. The predicted octanol–water partition coefficient (Wildman–Crippen LogP) is 3.88. The van der Waals surface area contributed by atoms with Gasteiger partial charge in [-0.25, -0.2) is 0 Å². The first kappa shape index (κ1) is 14.0. The van der Waals surface area contributed by atoms with Crippen molar-refractivity contribution in [3.8, 4) is 0 Å². The van der Waals surface area contributed by atoms with Gasteiger partial charge >= 0.3 is 0 Å². The molecule has 2 aromatic carbocycles. The Morgan fingerprint density at radius 1 is 1.16 bits per heavy atom. The van der Waals surface area contributed by atoms with E-state index in [9.17, 15) is 4.79 Å². The number of thioether (sulfide) groups is 1. The van der Waals surface area contributed by atoms with Crippen LogP contribution >= 0.6 is 24.4 Å². The minimum Gasteiger partial charge on any atom is -0.325 e. The molecule has 19 heavy (non-hydrogen) atoms. The third-order valence-electron chi connectivity index (χ3n) is 2.68. The van der Waals surface area contributed by atoms with Gasteiger partial charge in [-0.15, -0.1) is 24.4 Å². The summed E-state index contributed by atoms with van der Waals surface area (Å²) < 4.78 is 0. The molecule has 0 aromatic heterocycles. The number of nitrogens with one attached hydrogen (secondary N) is 1. The second-order valence-electron chi connectivity index (χ2n) is 4.09. The molecule has 0 atom stereocenters. The minimum absolute atomic E-state index is 0.00610. The fourth-order valence-corrected chi connectivity index (χ4v) is 2.44. The highest BCUT2D eigenvalue weighted by atomic mass is 32.2. The van der Waals surface area contributed by atoms with Crippen molar-refractivity contribution in [3.63, 3.8) is 0 Å². The summed E-state index contributed by atoms with van der Waals surface area (Å²) in [7, 11) is 0. The lowest BCUT2D eigenvalue weighted by atomic mass is 10.1. The van der Waals surface area contributed by atoms with Gasteiger partial charge in [0.2, 0.25) is 5.91 Å². The molecular formula is C15H15NOS2. The number of para-hydroxylation sites is 1.